The molecule has 0 amide bonds. The maximum atomic E-state index is 5.85. The predicted octanol–water partition coefficient (Wildman–Crippen LogP) is 2.47. The van der Waals surface area contributed by atoms with Gasteiger partial charge in [0.25, 0.3) is 0 Å². The lowest BCUT2D eigenvalue weighted by molar-refractivity contribution is -0.886. The Bertz CT molecular complexity index is 688. The molecule has 2 rings (SSSR count). The van der Waals surface area contributed by atoms with Crippen molar-refractivity contribution in [2.75, 3.05) is 76.6 Å². The SMILES string of the molecule is COc1cc(NCC[N+](C)(C)CCNc2ccc(N)c(OC)c2)ccc1N. The molecule has 0 spiro atoms. The second-order valence-corrected chi connectivity index (χ2v) is 7.15. The van der Waals surface area contributed by atoms with Crippen molar-refractivity contribution in [3.8, 4) is 11.5 Å². The summed E-state index contributed by atoms with van der Waals surface area (Å²) in [7, 11) is 7.69. The summed E-state index contributed by atoms with van der Waals surface area (Å²) >= 11 is 0. The number of benzene rings is 2. The number of ether oxygens (including phenoxy) is 2. The maximum Gasteiger partial charge on any atom is 0.143 e. The average Bonchev–Trinajstić information content (AvgIpc) is 2.64. The molecular formula is C20H32N5O2+. The molecule has 7 heteroatoms. The third-order valence-electron chi connectivity index (χ3n) is 4.56. The summed E-state index contributed by atoms with van der Waals surface area (Å²) in [6.07, 6.45) is 0. The summed E-state index contributed by atoms with van der Waals surface area (Å²) in [5.41, 5.74) is 15.0. The third kappa shape index (κ3) is 6.14. The van der Waals surface area contributed by atoms with Crippen molar-refractivity contribution in [1.29, 1.82) is 0 Å². The number of nitrogens with zero attached hydrogens (tertiary/aromatic N) is 1. The summed E-state index contributed by atoms with van der Waals surface area (Å²) in [5, 5.41) is 6.86. The summed E-state index contributed by atoms with van der Waals surface area (Å²) < 4.78 is 11.4. The van der Waals surface area contributed by atoms with E-state index in [2.05, 4.69) is 24.7 Å². The van der Waals surface area contributed by atoms with E-state index in [0.29, 0.717) is 22.9 Å². The Morgan fingerprint density at radius 3 is 1.56 bits per heavy atom. The van der Waals surface area contributed by atoms with Crippen molar-refractivity contribution < 1.29 is 14.0 Å². The van der Waals surface area contributed by atoms with Gasteiger partial charge in [0.15, 0.2) is 0 Å². The van der Waals surface area contributed by atoms with E-state index in [1.807, 2.05) is 36.4 Å². The van der Waals surface area contributed by atoms with Crippen molar-refractivity contribution in [2.45, 2.75) is 0 Å². The number of nitrogens with two attached hydrogens (primary N) is 2. The van der Waals surface area contributed by atoms with Crippen molar-refractivity contribution >= 4 is 22.7 Å². The molecule has 2 aromatic carbocycles. The number of nitrogens with one attached hydrogen (secondary N) is 2. The van der Waals surface area contributed by atoms with Gasteiger partial charge in [-0.15, -0.1) is 0 Å². The molecule has 0 radical (unpaired) electrons. The molecule has 27 heavy (non-hydrogen) atoms. The van der Waals surface area contributed by atoms with Crippen molar-refractivity contribution in [1.82, 2.24) is 0 Å². The fraction of sp³-hybridized carbons (Fsp3) is 0.400. The van der Waals surface area contributed by atoms with Crippen LogP contribution in [-0.2, 0) is 0 Å². The summed E-state index contributed by atoms with van der Waals surface area (Å²) in [5.74, 6) is 1.38. The first-order chi connectivity index (χ1) is 12.8. The highest BCUT2D eigenvalue weighted by atomic mass is 16.5. The Kier molecular flexibility index (Phi) is 7.01. The Morgan fingerprint density at radius 1 is 0.778 bits per heavy atom. The molecule has 0 aliphatic rings. The van der Waals surface area contributed by atoms with E-state index in [0.717, 1.165) is 42.0 Å². The van der Waals surface area contributed by atoms with Gasteiger partial charge in [0.05, 0.1) is 65.9 Å². The van der Waals surface area contributed by atoms with Crippen LogP contribution in [0.5, 0.6) is 11.5 Å². The van der Waals surface area contributed by atoms with Gasteiger partial charge in [0.1, 0.15) is 11.5 Å². The minimum absolute atomic E-state index is 0.643. The van der Waals surface area contributed by atoms with Crippen LogP contribution in [-0.4, -0.2) is 59.0 Å². The van der Waals surface area contributed by atoms with Crippen LogP contribution in [0, 0.1) is 0 Å². The van der Waals surface area contributed by atoms with Gasteiger partial charge in [-0.2, -0.15) is 0 Å². The van der Waals surface area contributed by atoms with Crippen LogP contribution in [0.3, 0.4) is 0 Å². The second-order valence-electron chi connectivity index (χ2n) is 7.15. The number of hydrogen-bond donors (Lipinski definition) is 4. The molecular weight excluding hydrogens is 342 g/mol. The number of anilines is 4. The van der Waals surface area contributed by atoms with Gasteiger partial charge in [-0.3, -0.25) is 0 Å². The zero-order valence-electron chi connectivity index (χ0n) is 16.7. The first-order valence-electron chi connectivity index (χ1n) is 9.01. The van der Waals surface area contributed by atoms with Gasteiger partial charge < -0.3 is 36.1 Å². The zero-order valence-corrected chi connectivity index (χ0v) is 16.7. The Balaban J connectivity index is 1.78. The first-order valence-corrected chi connectivity index (χ1v) is 9.01. The summed E-state index contributed by atoms with van der Waals surface area (Å²) in [6, 6.07) is 11.5. The Labute approximate surface area is 161 Å². The lowest BCUT2D eigenvalue weighted by Gasteiger charge is -2.30. The normalized spacial score (nSPS) is 11.1. The monoisotopic (exact) mass is 374 g/mol. The van der Waals surface area contributed by atoms with Crippen LogP contribution < -0.4 is 31.6 Å². The molecule has 2 aromatic rings. The molecule has 6 N–H and O–H groups in total. The molecule has 0 aliphatic carbocycles. The van der Waals surface area contributed by atoms with Gasteiger partial charge in [-0.05, 0) is 24.3 Å². The van der Waals surface area contributed by atoms with E-state index >= 15 is 0 Å². The van der Waals surface area contributed by atoms with E-state index in [9.17, 15) is 0 Å². The molecule has 0 aromatic heterocycles. The molecule has 0 aliphatic heterocycles. The Morgan fingerprint density at radius 2 is 1.19 bits per heavy atom. The standard InChI is InChI=1S/C20H32N5O2/c1-25(2,11-9-23-15-5-7-17(21)19(13-15)26-3)12-10-24-16-6-8-18(22)20(14-16)27-4/h5-8,13-14,23-24H,9-12,21-22H2,1-4H3/q+1. The smallest absolute Gasteiger partial charge is 0.143 e. The number of likely N-dealkylation sites (N-methyl/N-ethyl adjacent to an activating group) is 1. The van der Waals surface area contributed by atoms with Crippen LogP contribution >= 0.6 is 0 Å². The molecule has 0 fully saturated rings. The average molecular weight is 375 g/mol. The fourth-order valence-electron chi connectivity index (χ4n) is 2.76. The molecule has 148 valence electrons. The molecule has 7 nitrogen and oxygen atoms in total. The maximum absolute atomic E-state index is 5.85. The Hall–Kier alpha value is -2.80. The molecule has 0 bridgehead atoms. The van der Waals surface area contributed by atoms with Crippen molar-refractivity contribution in [2.24, 2.45) is 0 Å². The van der Waals surface area contributed by atoms with Gasteiger partial charge in [-0.25, -0.2) is 0 Å². The number of nitrogen functional groups attached to an aromatic ring is 2. The quantitative estimate of drug-likeness (QED) is 0.377. The predicted molar refractivity (Wildman–Crippen MR) is 114 cm³/mol. The van der Waals surface area contributed by atoms with Crippen molar-refractivity contribution in [3.05, 3.63) is 36.4 Å². The molecule has 0 heterocycles. The highest BCUT2D eigenvalue weighted by Gasteiger charge is 2.14. The zero-order chi connectivity index (χ0) is 19.9. The molecule has 0 unspecified atom stereocenters. The lowest BCUT2D eigenvalue weighted by atomic mass is 10.2. The number of rotatable bonds is 10. The fourth-order valence-corrected chi connectivity index (χ4v) is 2.76. The van der Waals surface area contributed by atoms with Crippen molar-refractivity contribution in [3.63, 3.8) is 0 Å². The minimum Gasteiger partial charge on any atom is -0.495 e. The number of quaternary nitrogens is 1. The van der Waals surface area contributed by atoms with E-state index < -0.39 is 0 Å². The van der Waals surface area contributed by atoms with Gasteiger partial charge in [-0.1, -0.05) is 0 Å². The van der Waals surface area contributed by atoms with E-state index in [4.69, 9.17) is 20.9 Å². The van der Waals surface area contributed by atoms with E-state index in [1.165, 1.54) is 0 Å². The largest absolute Gasteiger partial charge is 0.495 e. The van der Waals surface area contributed by atoms with Gasteiger partial charge >= 0.3 is 0 Å². The molecule has 0 atom stereocenters. The number of methoxy groups -OCH3 is 2. The van der Waals surface area contributed by atoms with Crippen LogP contribution in [0.1, 0.15) is 0 Å². The lowest BCUT2D eigenvalue weighted by Crippen LogP contribution is -2.46. The number of hydrogen-bond acceptors (Lipinski definition) is 6. The highest BCUT2D eigenvalue weighted by molar-refractivity contribution is 5.62. The van der Waals surface area contributed by atoms with Crippen LogP contribution in [0.2, 0.25) is 0 Å². The highest BCUT2D eigenvalue weighted by Crippen LogP contribution is 2.25. The minimum atomic E-state index is 0.643. The topological polar surface area (TPSA) is 94.6 Å². The van der Waals surface area contributed by atoms with E-state index in [1.54, 1.807) is 14.2 Å². The molecule has 0 saturated heterocycles. The van der Waals surface area contributed by atoms with Crippen LogP contribution in [0.15, 0.2) is 36.4 Å². The second kappa shape index (κ2) is 9.23. The summed E-state index contributed by atoms with van der Waals surface area (Å²) in [4.78, 5) is 0. The van der Waals surface area contributed by atoms with Crippen LogP contribution in [0.4, 0.5) is 22.7 Å². The van der Waals surface area contributed by atoms with Gasteiger partial charge in [0.2, 0.25) is 0 Å². The van der Waals surface area contributed by atoms with E-state index in [-0.39, 0.29) is 0 Å². The van der Waals surface area contributed by atoms with Gasteiger partial charge in [0, 0.05) is 23.5 Å². The first kappa shape index (κ1) is 20.5. The third-order valence-corrected chi connectivity index (χ3v) is 4.56. The van der Waals surface area contributed by atoms with Crippen LogP contribution in [0.25, 0.3) is 0 Å². The summed E-state index contributed by atoms with van der Waals surface area (Å²) in [6.45, 7) is 3.68. The molecule has 0 saturated carbocycles.